The topological polar surface area (TPSA) is 59.9 Å². The molecule has 0 spiro atoms. The standard InChI is InChI=1S/C6H8Cl2N2O2S2/c1-2-3-14(11,12)6-10-9-5(13-6)4(7)8/h4H,2-3H2,1H3. The van der Waals surface area contributed by atoms with Crippen molar-refractivity contribution >= 4 is 44.4 Å². The minimum Gasteiger partial charge on any atom is -0.221 e. The molecule has 1 aromatic heterocycles. The normalized spacial score (nSPS) is 12.3. The van der Waals surface area contributed by atoms with Crippen LogP contribution in [0, 0.1) is 0 Å². The van der Waals surface area contributed by atoms with E-state index in [0.717, 1.165) is 11.3 Å². The first-order valence-electron chi connectivity index (χ1n) is 3.81. The smallest absolute Gasteiger partial charge is 0.221 e. The van der Waals surface area contributed by atoms with Crippen molar-refractivity contribution in [2.45, 2.75) is 22.5 Å². The molecule has 0 aromatic carbocycles. The molecule has 80 valence electrons. The predicted octanol–water partition coefficient (Wildman–Crippen LogP) is 2.20. The summed E-state index contributed by atoms with van der Waals surface area (Å²) in [5.74, 6) is 0.0663. The Morgan fingerprint density at radius 1 is 1.43 bits per heavy atom. The van der Waals surface area contributed by atoms with Gasteiger partial charge in [0, 0.05) is 0 Å². The third-order valence-corrected chi connectivity index (χ3v) is 5.37. The molecule has 0 saturated heterocycles. The van der Waals surface area contributed by atoms with E-state index in [9.17, 15) is 8.42 Å². The number of aromatic nitrogens is 2. The molecule has 0 fully saturated rings. The van der Waals surface area contributed by atoms with Crippen LogP contribution < -0.4 is 0 Å². The van der Waals surface area contributed by atoms with Crippen molar-refractivity contribution in [1.29, 1.82) is 0 Å². The third-order valence-electron chi connectivity index (χ3n) is 1.35. The third kappa shape index (κ3) is 2.79. The maximum Gasteiger partial charge on any atom is 0.232 e. The lowest BCUT2D eigenvalue weighted by Crippen LogP contribution is -2.05. The van der Waals surface area contributed by atoms with Crippen LogP contribution in [0.1, 0.15) is 23.2 Å². The van der Waals surface area contributed by atoms with Crippen LogP contribution in [0.25, 0.3) is 0 Å². The van der Waals surface area contributed by atoms with Crippen LogP contribution in [-0.2, 0) is 9.84 Å². The van der Waals surface area contributed by atoms with E-state index in [0.29, 0.717) is 11.4 Å². The highest BCUT2D eigenvalue weighted by molar-refractivity contribution is 7.93. The SMILES string of the molecule is CCCS(=O)(=O)c1nnc(C(Cl)Cl)s1. The Labute approximate surface area is 96.2 Å². The second-order valence-electron chi connectivity index (χ2n) is 2.53. The summed E-state index contributed by atoms with van der Waals surface area (Å²) < 4.78 is 23.0. The van der Waals surface area contributed by atoms with E-state index in [1.54, 1.807) is 6.92 Å². The molecule has 0 unspecified atom stereocenters. The first-order valence-corrected chi connectivity index (χ1v) is 7.16. The zero-order valence-electron chi connectivity index (χ0n) is 7.27. The fourth-order valence-corrected chi connectivity index (χ4v) is 3.47. The van der Waals surface area contributed by atoms with Gasteiger partial charge >= 0.3 is 0 Å². The molecule has 0 amide bonds. The summed E-state index contributed by atoms with van der Waals surface area (Å²) in [6, 6.07) is 0. The molecule has 14 heavy (non-hydrogen) atoms. The van der Waals surface area contributed by atoms with Gasteiger partial charge in [-0.05, 0) is 6.42 Å². The van der Waals surface area contributed by atoms with Gasteiger partial charge in [-0.2, -0.15) is 0 Å². The van der Waals surface area contributed by atoms with Crippen LogP contribution in [0.5, 0.6) is 0 Å². The van der Waals surface area contributed by atoms with Crippen molar-refractivity contribution in [3.63, 3.8) is 0 Å². The largest absolute Gasteiger partial charge is 0.232 e. The van der Waals surface area contributed by atoms with Crippen LogP contribution >= 0.6 is 34.5 Å². The monoisotopic (exact) mass is 274 g/mol. The summed E-state index contributed by atoms with van der Waals surface area (Å²) >= 11 is 12.0. The van der Waals surface area contributed by atoms with E-state index in [1.807, 2.05) is 0 Å². The summed E-state index contributed by atoms with van der Waals surface area (Å²) in [6.07, 6.45) is 0.544. The van der Waals surface area contributed by atoms with Gasteiger partial charge in [0.15, 0.2) is 9.84 Å². The Balaban J connectivity index is 2.97. The van der Waals surface area contributed by atoms with Gasteiger partial charge in [-0.1, -0.05) is 41.5 Å². The van der Waals surface area contributed by atoms with E-state index in [2.05, 4.69) is 10.2 Å². The molecule has 0 bridgehead atoms. The molecule has 1 heterocycles. The van der Waals surface area contributed by atoms with Crippen LogP contribution in [0.4, 0.5) is 0 Å². The lowest BCUT2D eigenvalue weighted by atomic mass is 10.6. The van der Waals surface area contributed by atoms with Crippen LogP contribution in [-0.4, -0.2) is 24.4 Å². The second kappa shape index (κ2) is 4.74. The van der Waals surface area contributed by atoms with Crippen molar-refractivity contribution in [1.82, 2.24) is 10.2 Å². The molecule has 0 atom stereocenters. The van der Waals surface area contributed by atoms with E-state index >= 15 is 0 Å². The Hall–Kier alpha value is 0.0900. The molecule has 0 radical (unpaired) electrons. The number of hydrogen-bond acceptors (Lipinski definition) is 5. The van der Waals surface area contributed by atoms with Crippen molar-refractivity contribution in [2.75, 3.05) is 5.75 Å². The molecule has 1 rings (SSSR count). The molecule has 4 nitrogen and oxygen atoms in total. The van der Waals surface area contributed by atoms with Crippen molar-refractivity contribution in [3.8, 4) is 0 Å². The second-order valence-corrected chi connectivity index (χ2v) is 6.91. The molecule has 0 saturated carbocycles. The molecule has 0 aliphatic heterocycles. The van der Waals surface area contributed by atoms with Crippen LogP contribution in [0.15, 0.2) is 4.34 Å². The summed E-state index contributed by atoms with van der Waals surface area (Å²) in [7, 11) is -3.30. The molecule has 8 heteroatoms. The number of alkyl halides is 2. The molecule has 0 aliphatic carbocycles. The number of sulfone groups is 1. The van der Waals surface area contributed by atoms with Gasteiger partial charge in [0.05, 0.1) is 5.75 Å². The van der Waals surface area contributed by atoms with Crippen molar-refractivity contribution < 1.29 is 8.42 Å². The average Bonchev–Trinajstić information content (AvgIpc) is 2.51. The zero-order valence-corrected chi connectivity index (χ0v) is 10.4. The van der Waals surface area contributed by atoms with Crippen LogP contribution in [0.3, 0.4) is 0 Å². The molecular formula is C6H8Cl2N2O2S2. The van der Waals surface area contributed by atoms with E-state index < -0.39 is 14.7 Å². The van der Waals surface area contributed by atoms with Gasteiger partial charge in [-0.25, -0.2) is 8.42 Å². The molecular weight excluding hydrogens is 267 g/mol. The van der Waals surface area contributed by atoms with Crippen molar-refractivity contribution in [3.05, 3.63) is 5.01 Å². The highest BCUT2D eigenvalue weighted by Gasteiger charge is 2.21. The number of hydrogen-bond donors (Lipinski definition) is 0. The number of rotatable bonds is 4. The Bertz CT molecular complexity index is 402. The Morgan fingerprint density at radius 2 is 2.07 bits per heavy atom. The zero-order chi connectivity index (χ0) is 10.8. The minimum absolute atomic E-state index is 0.0133. The summed E-state index contributed by atoms with van der Waals surface area (Å²) in [5, 5.41) is 7.44. The summed E-state index contributed by atoms with van der Waals surface area (Å²) in [5.41, 5.74) is 0. The lowest BCUT2D eigenvalue weighted by Gasteiger charge is -1.94. The maximum absolute atomic E-state index is 11.5. The Morgan fingerprint density at radius 3 is 2.50 bits per heavy atom. The van der Waals surface area contributed by atoms with Gasteiger partial charge in [0.1, 0.15) is 0 Å². The highest BCUT2D eigenvalue weighted by atomic mass is 35.5. The van der Waals surface area contributed by atoms with Gasteiger partial charge in [-0.15, -0.1) is 10.2 Å². The van der Waals surface area contributed by atoms with Crippen LogP contribution in [0.2, 0.25) is 0 Å². The van der Waals surface area contributed by atoms with Gasteiger partial charge in [0.2, 0.25) is 14.2 Å². The Kier molecular flexibility index (Phi) is 4.12. The predicted molar refractivity (Wildman–Crippen MR) is 56.7 cm³/mol. The average molecular weight is 275 g/mol. The number of halogens is 2. The van der Waals surface area contributed by atoms with Gasteiger partial charge < -0.3 is 0 Å². The van der Waals surface area contributed by atoms with Gasteiger partial charge in [-0.3, -0.25) is 0 Å². The first-order chi connectivity index (χ1) is 6.47. The fourth-order valence-electron chi connectivity index (χ4n) is 0.790. The fraction of sp³-hybridized carbons (Fsp3) is 0.667. The number of nitrogens with zero attached hydrogens (tertiary/aromatic N) is 2. The quantitative estimate of drug-likeness (QED) is 0.790. The van der Waals surface area contributed by atoms with Gasteiger partial charge in [0.25, 0.3) is 0 Å². The maximum atomic E-state index is 11.5. The van der Waals surface area contributed by atoms with E-state index in [-0.39, 0.29) is 10.1 Å². The first kappa shape index (κ1) is 12.2. The lowest BCUT2D eigenvalue weighted by molar-refractivity contribution is 0.592. The molecule has 0 aliphatic rings. The molecule has 0 N–H and O–H groups in total. The van der Waals surface area contributed by atoms with E-state index in [4.69, 9.17) is 23.2 Å². The van der Waals surface area contributed by atoms with E-state index in [1.165, 1.54) is 0 Å². The summed E-state index contributed by atoms with van der Waals surface area (Å²) in [4.78, 5) is -0.821. The highest BCUT2D eigenvalue weighted by Crippen LogP contribution is 2.29. The molecule has 1 aromatic rings. The van der Waals surface area contributed by atoms with Crippen molar-refractivity contribution in [2.24, 2.45) is 0 Å². The summed E-state index contributed by atoms with van der Waals surface area (Å²) in [6.45, 7) is 1.78. The minimum atomic E-state index is -3.30.